The van der Waals surface area contributed by atoms with Gasteiger partial charge in [-0.05, 0) is 31.7 Å². The molecule has 1 heterocycles. The minimum Gasteiger partial charge on any atom is -0.369 e. The molecule has 4 nitrogen and oxygen atoms in total. The molecule has 5 heteroatoms. The van der Waals surface area contributed by atoms with Crippen molar-refractivity contribution in [3.8, 4) is 0 Å². The normalized spacial score (nSPS) is 17.4. The highest BCUT2D eigenvalue weighted by Crippen LogP contribution is 2.28. The Morgan fingerprint density at radius 2 is 1.95 bits per heavy atom. The first-order chi connectivity index (χ1) is 10.5. The van der Waals surface area contributed by atoms with Gasteiger partial charge in [0.2, 0.25) is 5.91 Å². The monoisotopic (exact) mass is 307 g/mol. The van der Waals surface area contributed by atoms with Crippen molar-refractivity contribution >= 4 is 11.6 Å². The summed E-state index contributed by atoms with van der Waals surface area (Å²) in [6.45, 7) is 10.9. The zero-order valence-corrected chi connectivity index (χ0v) is 13.7. The van der Waals surface area contributed by atoms with Crippen LogP contribution in [0.15, 0.2) is 18.2 Å². The lowest BCUT2D eigenvalue weighted by atomic mass is 10.0. The maximum atomic E-state index is 13.7. The predicted octanol–water partition coefficient (Wildman–Crippen LogP) is 2.55. The summed E-state index contributed by atoms with van der Waals surface area (Å²) in [6, 6.07) is 4.69. The maximum Gasteiger partial charge on any atom is 0.220 e. The van der Waals surface area contributed by atoms with Crippen molar-refractivity contribution in [2.45, 2.75) is 33.2 Å². The molecule has 0 aliphatic carbocycles. The number of piperazine rings is 1. The number of hydrogen-bond acceptors (Lipinski definition) is 3. The number of halogens is 1. The van der Waals surface area contributed by atoms with Crippen LogP contribution in [0.25, 0.3) is 0 Å². The Labute approximate surface area is 132 Å². The lowest BCUT2D eigenvalue weighted by molar-refractivity contribution is -0.121. The van der Waals surface area contributed by atoms with Crippen molar-refractivity contribution in [3.05, 3.63) is 29.6 Å². The number of carbonyl (C=O) groups excluding carboxylic acids is 1. The Balaban J connectivity index is 2.19. The average Bonchev–Trinajstić information content (AvgIpc) is 2.54. The van der Waals surface area contributed by atoms with Crippen LogP contribution < -0.4 is 10.2 Å². The van der Waals surface area contributed by atoms with Gasteiger partial charge in [-0.25, -0.2) is 4.39 Å². The summed E-state index contributed by atoms with van der Waals surface area (Å²) in [5, 5.41) is 2.93. The van der Waals surface area contributed by atoms with E-state index in [1.807, 2.05) is 19.9 Å². The number of hydrogen-bond donors (Lipinski definition) is 1. The smallest absolute Gasteiger partial charge is 0.220 e. The van der Waals surface area contributed by atoms with Crippen molar-refractivity contribution in [1.82, 2.24) is 10.2 Å². The molecule has 122 valence electrons. The second kappa shape index (κ2) is 7.58. The van der Waals surface area contributed by atoms with Crippen molar-refractivity contribution < 1.29 is 9.18 Å². The Hall–Kier alpha value is -1.62. The second-order valence-electron chi connectivity index (χ2n) is 5.77. The SMILES string of the molecule is CCC(=O)N[C@H](C)c1cc(F)ccc1N1CCN(CC)CC1. The van der Waals surface area contributed by atoms with Gasteiger partial charge in [-0.1, -0.05) is 13.8 Å². The van der Waals surface area contributed by atoms with Gasteiger partial charge >= 0.3 is 0 Å². The molecule has 1 N–H and O–H groups in total. The van der Waals surface area contributed by atoms with E-state index in [4.69, 9.17) is 0 Å². The van der Waals surface area contributed by atoms with Gasteiger partial charge in [0.25, 0.3) is 0 Å². The average molecular weight is 307 g/mol. The molecular formula is C17H26FN3O. The van der Waals surface area contributed by atoms with Gasteiger partial charge in [-0.3, -0.25) is 4.79 Å². The first kappa shape index (κ1) is 16.7. The number of amides is 1. The van der Waals surface area contributed by atoms with E-state index < -0.39 is 0 Å². The fourth-order valence-electron chi connectivity index (χ4n) is 2.89. The van der Waals surface area contributed by atoms with Crippen molar-refractivity contribution in [3.63, 3.8) is 0 Å². The number of nitrogens with zero attached hydrogens (tertiary/aromatic N) is 2. The predicted molar refractivity (Wildman–Crippen MR) is 87.6 cm³/mol. The summed E-state index contributed by atoms with van der Waals surface area (Å²) >= 11 is 0. The molecule has 0 unspecified atom stereocenters. The van der Waals surface area contributed by atoms with Crippen LogP contribution in [-0.4, -0.2) is 43.5 Å². The number of rotatable bonds is 5. The number of likely N-dealkylation sites (N-methyl/N-ethyl adjacent to an activating group) is 1. The molecule has 1 fully saturated rings. The summed E-state index contributed by atoms with van der Waals surface area (Å²) in [7, 11) is 0. The van der Waals surface area contributed by atoms with Crippen LogP contribution in [-0.2, 0) is 4.79 Å². The van der Waals surface area contributed by atoms with Gasteiger partial charge in [0.1, 0.15) is 5.82 Å². The topological polar surface area (TPSA) is 35.6 Å². The quantitative estimate of drug-likeness (QED) is 0.908. The molecule has 2 rings (SSSR count). The van der Waals surface area contributed by atoms with Crippen LogP contribution >= 0.6 is 0 Å². The minimum atomic E-state index is -0.261. The number of benzene rings is 1. The van der Waals surface area contributed by atoms with E-state index in [9.17, 15) is 9.18 Å². The number of carbonyl (C=O) groups is 1. The van der Waals surface area contributed by atoms with Crippen LogP contribution in [0.3, 0.4) is 0 Å². The van der Waals surface area contributed by atoms with Gasteiger partial charge in [0.15, 0.2) is 0 Å². The van der Waals surface area contributed by atoms with Gasteiger partial charge in [-0.2, -0.15) is 0 Å². The maximum absolute atomic E-state index is 13.7. The van der Waals surface area contributed by atoms with E-state index in [1.54, 1.807) is 6.07 Å². The van der Waals surface area contributed by atoms with Crippen LogP contribution in [0.2, 0.25) is 0 Å². The fraction of sp³-hybridized carbons (Fsp3) is 0.588. The highest BCUT2D eigenvalue weighted by atomic mass is 19.1. The van der Waals surface area contributed by atoms with Gasteiger partial charge in [0.05, 0.1) is 6.04 Å². The highest BCUT2D eigenvalue weighted by molar-refractivity contribution is 5.76. The van der Waals surface area contributed by atoms with E-state index in [-0.39, 0.29) is 17.8 Å². The van der Waals surface area contributed by atoms with Gasteiger partial charge in [0, 0.05) is 43.9 Å². The van der Waals surface area contributed by atoms with Crippen LogP contribution in [0.5, 0.6) is 0 Å². The third kappa shape index (κ3) is 3.97. The van der Waals surface area contributed by atoms with E-state index in [1.165, 1.54) is 6.07 Å². The van der Waals surface area contributed by atoms with E-state index in [0.717, 1.165) is 44.0 Å². The fourth-order valence-corrected chi connectivity index (χ4v) is 2.89. The molecule has 1 amide bonds. The molecule has 0 aromatic heterocycles. The van der Waals surface area contributed by atoms with Crippen molar-refractivity contribution in [2.75, 3.05) is 37.6 Å². The zero-order valence-electron chi connectivity index (χ0n) is 13.7. The summed E-state index contributed by atoms with van der Waals surface area (Å²) in [6.07, 6.45) is 0.435. The van der Waals surface area contributed by atoms with Gasteiger partial charge in [-0.15, -0.1) is 0 Å². The molecule has 0 spiro atoms. The second-order valence-corrected chi connectivity index (χ2v) is 5.77. The molecule has 1 saturated heterocycles. The molecule has 1 aromatic rings. The molecule has 0 radical (unpaired) electrons. The van der Waals surface area contributed by atoms with E-state index in [2.05, 4.69) is 22.0 Å². The molecule has 22 heavy (non-hydrogen) atoms. The number of anilines is 1. The lowest BCUT2D eigenvalue weighted by Crippen LogP contribution is -2.46. The molecule has 1 aliphatic rings. The van der Waals surface area contributed by atoms with Crippen molar-refractivity contribution in [1.29, 1.82) is 0 Å². The molecule has 1 aliphatic heterocycles. The summed E-state index contributed by atoms with van der Waals surface area (Å²) in [4.78, 5) is 16.3. The Bertz CT molecular complexity index is 513. The zero-order chi connectivity index (χ0) is 16.1. The molecule has 1 atom stereocenters. The van der Waals surface area contributed by atoms with E-state index >= 15 is 0 Å². The minimum absolute atomic E-state index is 0.0153. The lowest BCUT2D eigenvalue weighted by Gasteiger charge is -2.37. The summed E-state index contributed by atoms with van der Waals surface area (Å²) in [5.41, 5.74) is 1.88. The summed E-state index contributed by atoms with van der Waals surface area (Å²) < 4.78 is 13.7. The Morgan fingerprint density at radius 1 is 1.27 bits per heavy atom. The molecular weight excluding hydrogens is 281 g/mol. The standard InChI is InChI=1S/C17H26FN3O/c1-4-17(22)19-13(3)15-12-14(18)6-7-16(15)21-10-8-20(5-2)9-11-21/h6-7,12-13H,4-5,8-11H2,1-3H3,(H,19,22)/t13-/m1/s1. The van der Waals surface area contributed by atoms with Crippen molar-refractivity contribution in [2.24, 2.45) is 0 Å². The third-order valence-corrected chi connectivity index (χ3v) is 4.31. The van der Waals surface area contributed by atoms with Crippen LogP contribution in [0, 0.1) is 5.82 Å². The largest absolute Gasteiger partial charge is 0.369 e. The summed E-state index contributed by atoms with van der Waals surface area (Å²) in [5.74, 6) is -0.276. The Kier molecular flexibility index (Phi) is 5.77. The van der Waals surface area contributed by atoms with E-state index in [0.29, 0.717) is 6.42 Å². The molecule has 1 aromatic carbocycles. The highest BCUT2D eigenvalue weighted by Gasteiger charge is 2.21. The molecule has 0 saturated carbocycles. The van der Waals surface area contributed by atoms with Crippen LogP contribution in [0.4, 0.5) is 10.1 Å². The Morgan fingerprint density at radius 3 is 2.55 bits per heavy atom. The number of nitrogens with one attached hydrogen (secondary N) is 1. The van der Waals surface area contributed by atoms with Crippen LogP contribution in [0.1, 0.15) is 38.8 Å². The molecule has 0 bridgehead atoms. The first-order valence-corrected chi connectivity index (χ1v) is 8.11. The van der Waals surface area contributed by atoms with Gasteiger partial charge < -0.3 is 15.1 Å². The first-order valence-electron chi connectivity index (χ1n) is 8.11. The third-order valence-electron chi connectivity index (χ3n) is 4.31.